The lowest BCUT2D eigenvalue weighted by Crippen LogP contribution is -2.47. The van der Waals surface area contributed by atoms with Crippen molar-refractivity contribution in [2.75, 3.05) is 6.54 Å². The number of hydrogen-bond donors (Lipinski definition) is 0. The Kier molecular flexibility index (Phi) is 8.56. The number of carbonyl (C=O) groups excluding carboxylic acids is 2. The second-order valence-electron chi connectivity index (χ2n) is 7.82. The van der Waals surface area contributed by atoms with Crippen LogP contribution in [-0.4, -0.2) is 35.5 Å². The topological polar surface area (TPSA) is 46.6 Å². The molecule has 0 saturated heterocycles. The van der Waals surface area contributed by atoms with Crippen molar-refractivity contribution in [1.82, 2.24) is 4.90 Å². The van der Waals surface area contributed by atoms with Crippen LogP contribution in [0.1, 0.15) is 53.5 Å². The normalized spacial score (nSPS) is 13.5. The highest BCUT2D eigenvalue weighted by atomic mass is 16.6. The zero-order chi connectivity index (χ0) is 19.7. The van der Waals surface area contributed by atoms with Crippen molar-refractivity contribution in [1.29, 1.82) is 0 Å². The molecule has 0 aliphatic rings. The summed E-state index contributed by atoms with van der Waals surface area (Å²) < 4.78 is 5.57. The zero-order valence-electron chi connectivity index (χ0n) is 17.0. The maximum Gasteiger partial charge on any atom is 0.410 e. The van der Waals surface area contributed by atoms with Crippen molar-refractivity contribution in [3.8, 4) is 0 Å². The van der Waals surface area contributed by atoms with Gasteiger partial charge in [0, 0.05) is 12.6 Å². The fourth-order valence-corrected chi connectivity index (χ4v) is 2.96. The number of hydrogen-bond acceptors (Lipinski definition) is 3. The van der Waals surface area contributed by atoms with Gasteiger partial charge in [-0.3, -0.25) is 0 Å². The first-order chi connectivity index (χ1) is 12.2. The molecule has 2 unspecified atom stereocenters. The number of nitrogens with zero attached hydrogens (tertiary/aromatic N) is 1. The van der Waals surface area contributed by atoms with Crippen molar-refractivity contribution < 1.29 is 14.3 Å². The van der Waals surface area contributed by atoms with Crippen LogP contribution in [0, 0.1) is 5.92 Å². The van der Waals surface area contributed by atoms with E-state index < -0.39 is 5.60 Å². The highest BCUT2D eigenvalue weighted by Crippen LogP contribution is 2.22. The minimum atomic E-state index is -0.568. The van der Waals surface area contributed by atoms with E-state index in [-0.39, 0.29) is 18.1 Å². The van der Waals surface area contributed by atoms with Gasteiger partial charge in [-0.05, 0) is 59.9 Å². The molecule has 4 nitrogen and oxygen atoms in total. The maximum absolute atomic E-state index is 12.7. The van der Waals surface area contributed by atoms with E-state index in [9.17, 15) is 9.59 Å². The molecule has 0 heterocycles. The number of amides is 1. The molecule has 0 aliphatic heterocycles. The molecule has 0 fully saturated rings. The fourth-order valence-electron chi connectivity index (χ4n) is 2.96. The average Bonchev–Trinajstić information content (AvgIpc) is 2.55. The predicted octanol–water partition coefficient (Wildman–Crippen LogP) is 5.03. The third-order valence-electron chi connectivity index (χ3n) is 4.07. The average molecular weight is 360 g/mol. The second kappa shape index (κ2) is 10.1. The molecule has 1 amide bonds. The highest BCUT2D eigenvalue weighted by Gasteiger charge is 2.31. The maximum atomic E-state index is 12.7. The molecule has 0 radical (unpaired) electrons. The molecule has 0 bridgehead atoms. The van der Waals surface area contributed by atoms with Crippen molar-refractivity contribution in [2.24, 2.45) is 5.92 Å². The van der Waals surface area contributed by atoms with Crippen LogP contribution in [0.15, 0.2) is 42.0 Å². The molecule has 4 heteroatoms. The van der Waals surface area contributed by atoms with Crippen molar-refractivity contribution in [2.45, 2.75) is 66.0 Å². The lowest BCUT2D eigenvalue weighted by Gasteiger charge is -2.35. The van der Waals surface area contributed by atoms with E-state index in [2.05, 4.69) is 12.1 Å². The summed E-state index contributed by atoms with van der Waals surface area (Å²) in [6.07, 6.45) is 4.01. The molecule has 0 aliphatic carbocycles. The highest BCUT2D eigenvalue weighted by molar-refractivity contribution is 5.70. The lowest BCUT2D eigenvalue weighted by molar-refractivity contribution is -0.111. The molecular weight excluding hydrogens is 326 g/mol. The van der Waals surface area contributed by atoms with Gasteiger partial charge in [0.25, 0.3) is 0 Å². The number of aldehydes is 1. The molecule has 1 aromatic rings. The number of carbonyl (C=O) groups is 2. The van der Waals surface area contributed by atoms with Gasteiger partial charge in [-0.25, -0.2) is 4.79 Å². The van der Waals surface area contributed by atoms with Crippen LogP contribution in [0.3, 0.4) is 0 Å². The first kappa shape index (κ1) is 21.9. The third kappa shape index (κ3) is 7.42. The van der Waals surface area contributed by atoms with Gasteiger partial charge in [-0.15, -0.1) is 0 Å². The van der Waals surface area contributed by atoms with Gasteiger partial charge in [-0.2, -0.15) is 0 Å². The van der Waals surface area contributed by atoms with E-state index in [0.717, 1.165) is 18.3 Å². The number of allylic oxidation sites excluding steroid dienone is 1. The molecule has 1 rings (SSSR count). The first-order valence-electron chi connectivity index (χ1n) is 9.31. The Morgan fingerprint density at radius 1 is 1.19 bits per heavy atom. The molecule has 0 spiro atoms. The minimum absolute atomic E-state index is 0.234. The third-order valence-corrected chi connectivity index (χ3v) is 4.07. The van der Waals surface area contributed by atoms with Crippen LogP contribution < -0.4 is 0 Å². The van der Waals surface area contributed by atoms with E-state index >= 15 is 0 Å². The van der Waals surface area contributed by atoms with E-state index in [1.807, 2.05) is 65.8 Å². The summed E-state index contributed by atoms with van der Waals surface area (Å²) in [5, 5.41) is 0. The Hall–Kier alpha value is -2.10. The Morgan fingerprint density at radius 2 is 1.81 bits per heavy atom. The fraction of sp³-hybridized carbons (Fsp3) is 0.545. The number of rotatable bonds is 8. The second-order valence-corrected chi connectivity index (χ2v) is 7.82. The van der Waals surface area contributed by atoms with Gasteiger partial charge in [0.1, 0.15) is 11.9 Å². The van der Waals surface area contributed by atoms with Gasteiger partial charge in [0.2, 0.25) is 0 Å². The summed E-state index contributed by atoms with van der Waals surface area (Å²) >= 11 is 0. The SMILES string of the molecule is CCN(C(=O)OC(C)(C)C)C(CCc1ccccc1)C(C=O)C=C(C)C. The molecule has 2 atom stereocenters. The van der Waals surface area contributed by atoms with Crippen LogP contribution in [0.25, 0.3) is 0 Å². The minimum Gasteiger partial charge on any atom is -0.444 e. The molecule has 0 N–H and O–H groups in total. The van der Waals surface area contributed by atoms with Gasteiger partial charge >= 0.3 is 6.09 Å². The van der Waals surface area contributed by atoms with Crippen LogP contribution in [0.2, 0.25) is 0 Å². The van der Waals surface area contributed by atoms with Crippen molar-refractivity contribution in [3.05, 3.63) is 47.5 Å². The van der Waals surface area contributed by atoms with Crippen LogP contribution >= 0.6 is 0 Å². The summed E-state index contributed by atoms with van der Waals surface area (Å²) in [6.45, 7) is 11.9. The van der Waals surface area contributed by atoms with Crippen LogP contribution in [0.4, 0.5) is 4.79 Å². The van der Waals surface area contributed by atoms with Crippen LogP contribution in [-0.2, 0) is 16.0 Å². The zero-order valence-corrected chi connectivity index (χ0v) is 17.0. The molecule has 1 aromatic carbocycles. The van der Waals surface area contributed by atoms with Gasteiger partial charge in [0.15, 0.2) is 0 Å². The largest absolute Gasteiger partial charge is 0.444 e. The van der Waals surface area contributed by atoms with Crippen molar-refractivity contribution in [3.63, 3.8) is 0 Å². The Bertz CT molecular complexity index is 598. The molecular formula is C22H33NO3. The lowest BCUT2D eigenvalue weighted by atomic mass is 9.92. The van der Waals surface area contributed by atoms with Gasteiger partial charge < -0.3 is 14.4 Å². The predicted molar refractivity (Wildman–Crippen MR) is 106 cm³/mol. The summed E-state index contributed by atoms with van der Waals surface area (Å²) in [5.41, 5.74) is 1.69. The molecule has 0 aromatic heterocycles. The molecule has 144 valence electrons. The quantitative estimate of drug-likeness (QED) is 0.483. The van der Waals surface area contributed by atoms with E-state index in [0.29, 0.717) is 13.0 Å². The summed E-state index contributed by atoms with van der Waals surface area (Å²) in [6, 6.07) is 9.89. The summed E-state index contributed by atoms with van der Waals surface area (Å²) in [7, 11) is 0. The van der Waals surface area contributed by atoms with E-state index in [1.54, 1.807) is 4.90 Å². The molecule has 0 saturated carbocycles. The number of aryl methyl sites for hydroxylation is 1. The van der Waals surface area contributed by atoms with E-state index in [1.165, 1.54) is 5.56 Å². The smallest absolute Gasteiger partial charge is 0.410 e. The Morgan fingerprint density at radius 3 is 2.27 bits per heavy atom. The number of ether oxygens (including phenoxy) is 1. The number of benzene rings is 1. The van der Waals surface area contributed by atoms with Gasteiger partial charge in [-0.1, -0.05) is 42.0 Å². The molecule has 26 heavy (non-hydrogen) atoms. The van der Waals surface area contributed by atoms with Crippen molar-refractivity contribution >= 4 is 12.4 Å². The van der Waals surface area contributed by atoms with Crippen LogP contribution in [0.5, 0.6) is 0 Å². The van der Waals surface area contributed by atoms with E-state index in [4.69, 9.17) is 4.74 Å². The standard InChI is InChI=1S/C22H33NO3/c1-7-23(21(25)26-22(4,5)6)20(19(16-24)15-17(2)3)14-13-18-11-9-8-10-12-18/h8-12,15-16,19-20H,7,13-14H2,1-6H3. The Balaban J connectivity index is 3.08. The first-order valence-corrected chi connectivity index (χ1v) is 9.31. The Labute approximate surface area is 158 Å². The summed E-state index contributed by atoms with van der Waals surface area (Å²) in [4.78, 5) is 26.2. The monoisotopic (exact) mass is 359 g/mol. The summed E-state index contributed by atoms with van der Waals surface area (Å²) in [5.74, 6) is -0.351. The van der Waals surface area contributed by atoms with Gasteiger partial charge in [0.05, 0.1) is 5.92 Å².